The summed E-state index contributed by atoms with van der Waals surface area (Å²) in [4.78, 5) is 9.45. The van der Waals surface area contributed by atoms with Crippen LogP contribution in [0.5, 0.6) is 5.75 Å². The van der Waals surface area contributed by atoms with E-state index >= 15 is 0 Å². The molecule has 5 rings (SSSR count). The second-order valence-electron chi connectivity index (χ2n) is 10.1. The van der Waals surface area contributed by atoms with E-state index in [9.17, 15) is 8.42 Å². The van der Waals surface area contributed by atoms with Gasteiger partial charge in [0.1, 0.15) is 35.2 Å². The highest BCUT2D eigenvalue weighted by Crippen LogP contribution is 2.31. The maximum absolute atomic E-state index is 12.7. The minimum Gasteiger partial charge on any atom is -0.489 e. The van der Waals surface area contributed by atoms with E-state index in [1.165, 1.54) is 0 Å². The van der Waals surface area contributed by atoms with E-state index in [0.717, 1.165) is 45.9 Å². The molecule has 0 fully saturated rings. The van der Waals surface area contributed by atoms with E-state index in [2.05, 4.69) is 4.98 Å². The molecule has 3 aromatic carbocycles. The lowest BCUT2D eigenvalue weighted by Crippen LogP contribution is -2.15. The Morgan fingerprint density at radius 2 is 1.78 bits per heavy atom. The highest BCUT2D eigenvalue weighted by atomic mass is 32.2. The van der Waals surface area contributed by atoms with Gasteiger partial charge in [-0.3, -0.25) is 8.58 Å². The van der Waals surface area contributed by atoms with Crippen LogP contribution in [0.25, 0.3) is 16.8 Å². The van der Waals surface area contributed by atoms with E-state index in [4.69, 9.17) is 19.6 Å². The van der Waals surface area contributed by atoms with E-state index < -0.39 is 10.1 Å². The summed E-state index contributed by atoms with van der Waals surface area (Å²) in [7, 11) is -3.82. The largest absolute Gasteiger partial charge is 0.489 e. The molecule has 0 radical (unpaired) electrons. The quantitative estimate of drug-likeness (QED) is 0.177. The first-order valence-electron chi connectivity index (χ1n) is 13.7. The Morgan fingerprint density at radius 1 is 1.00 bits per heavy atom. The minimum atomic E-state index is -3.82. The smallest absolute Gasteiger partial charge is 0.296 e. The first-order valence-corrected chi connectivity index (χ1v) is 15.1. The first-order chi connectivity index (χ1) is 19.8. The number of ether oxygens (including phenoxy) is 1. The van der Waals surface area contributed by atoms with Crippen LogP contribution in [0, 0.1) is 12.8 Å². The standard InChI is InChI=1S/C32H34N4O4S/c1-3-24(22-40-41(37,38)28-15-12-23(2)13-16-28)14-17-29-35-30(31-32(33)34-18-19-36(29)31)26-10-7-11-27(20-26)39-21-25-8-5-4-6-9-25/h4-13,15-16,18-20,24H,3,14,17,21-22H2,1-2H3,(H2,33,34). The molecule has 1 unspecified atom stereocenters. The van der Waals surface area contributed by atoms with Crippen LogP contribution in [0.1, 0.15) is 36.7 Å². The lowest BCUT2D eigenvalue weighted by atomic mass is 10.0. The van der Waals surface area contributed by atoms with Crippen LogP contribution in [-0.2, 0) is 27.3 Å². The molecule has 0 aliphatic carbocycles. The van der Waals surface area contributed by atoms with Crippen LogP contribution in [0.15, 0.2) is 96.2 Å². The van der Waals surface area contributed by atoms with Gasteiger partial charge in [0.2, 0.25) is 0 Å². The number of fused-ring (bicyclic) bond motifs is 1. The third-order valence-corrected chi connectivity index (χ3v) is 8.43. The number of nitrogens with two attached hydrogens (primary N) is 1. The molecule has 41 heavy (non-hydrogen) atoms. The number of aryl methyl sites for hydroxylation is 2. The Kier molecular flexibility index (Phi) is 8.66. The second kappa shape index (κ2) is 12.5. The van der Waals surface area contributed by atoms with Crippen molar-refractivity contribution < 1.29 is 17.3 Å². The maximum atomic E-state index is 12.7. The molecular formula is C32H34N4O4S. The van der Waals surface area contributed by atoms with Gasteiger partial charge >= 0.3 is 0 Å². The molecule has 2 aromatic heterocycles. The van der Waals surface area contributed by atoms with Gasteiger partial charge in [-0.15, -0.1) is 0 Å². The van der Waals surface area contributed by atoms with Crippen molar-refractivity contribution in [2.75, 3.05) is 12.3 Å². The summed E-state index contributed by atoms with van der Waals surface area (Å²) >= 11 is 0. The van der Waals surface area contributed by atoms with Crippen molar-refractivity contribution >= 4 is 21.5 Å². The fourth-order valence-electron chi connectivity index (χ4n) is 4.67. The van der Waals surface area contributed by atoms with Crippen molar-refractivity contribution in [1.29, 1.82) is 0 Å². The van der Waals surface area contributed by atoms with Crippen LogP contribution in [-0.4, -0.2) is 29.4 Å². The zero-order valence-corrected chi connectivity index (χ0v) is 24.0. The lowest BCUT2D eigenvalue weighted by molar-refractivity contribution is 0.241. The molecule has 0 spiro atoms. The predicted octanol–water partition coefficient (Wildman–Crippen LogP) is 6.23. The van der Waals surface area contributed by atoms with E-state index in [0.29, 0.717) is 25.3 Å². The molecule has 0 aliphatic rings. The molecule has 9 heteroatoms. The lowest BCUT2D eigenvalue weighted by Gasteiger charge is -2.15. The number of nitrogens with zero attached hydrogens (tertiary/aromatic N) is 3. The normalized spacial score (nSPS) is 12.4. The van der Waals surface area contributed by atoms with Crippen molar-refractivity contribution in [3.8, 4) is 17.0 Å². The fraction of sp³-hybridized carbons (Fsp3) is 0.250. The van der Waals surface area contributed by atoms with Crippen molar-refractivity contribution in [3.05, 3.63) is 108 Å². The van der Waals surface area contributed by atoms with Crippen molar-refractivity contribution in [3.63, 3.8) is 0 Å². The summed E-state index contributed by atoms with van der Waals surface area (Å²) < 4.78 is 38.8. The zero-order valence-electron chi connectivity index (χ0n) is 23.2. The molecule has 2 heterocycles. The van der Waals surface area contributed by atoms with E-state index in [-0.39, 0.29) is 17.4 Å². The summed E-state index contributed by atoms with van der Waals surface area (Å²) in [5.41, 5.74) is 10.7. The second-order valence-corrected chi connectivity index (χ2v) is 11.7. The highest BCUT2D eigenvalue weighted by Gasteiger charge is 2.20. The average molecular weight is 571 g/mol. The minimum absolute atomic E-state index is 0.0277. The highest BCUT2D eigenvalue weighted by molar-refractivity contribution is 7.86. The molecule has 0 amide bonds. The predicted molar refractivity (Wildman–Crippen MR) is 160 cm³/mol. The third-order valence-electron chi connectivity index (χ3n) is 7.13. The number of hydrogen-bond acceptors (Lipinski definition) is 7. The monoisotopic (exact) mass is 570 g/mol. The molecule has 1 atom stereocenters. The van der Waals surface area contributed by atoms with Crippen molar-refractivity contribution in [2.24, 2.45) is 5.92 Å². The van der Waals surface area contributed by atoms with Gasteiger partial charge in [-0.2, -0.15) is 8.42 Å². The molecule has 8 nitrogen and oxygen atoms in total. The number of nitrogen functional groups attached to an aromatic ring is 1. The van der Waals surface area contributed by atoms with Gasteiger partial charge in [0, 0.05) is 24.4 Å². The topological polar surface area (TPSA) is 109 Å². The Bertz CT molecular complexity index is 1720. The number of benzene rings is 3. The Morgan fingerprint density at radius 3 is 2.54 bits per heavy atom. The van der Waals surface area contributed by atoms with Crippen LogP contribution < -0.4 is 10.5 Å². The van der Waals surface area contributed by atoms with Crippen LogP contribution >= 0.6 is 0 Å². The maximum Gasteiger partial charge on any atom is 0.296 e. The summed E-state index contributed by atoms with van der Waals surface area (Å²) in [6.45, 7) is 4.51. The Balaban J connectivity index is 1.32. The van der Waals surface area contributed by atoms with Gasteiger partial charge in [-0.1, -0.05) is 73.5 Å². The Hall–Kier alpha value is -4.21. The van der Waals surface area contributed by atoms with Gasteiger partial charge in [0.05, 0.1) is 11.5 Å². The number of rotatable bonds is 12. The number of anilines is 1. The molecule has 2 N–H and O–H groups in total. The van der Waals surface area contributed by atoms with Crippen molar-refractivity contribution in [2.45, 2.75) is 44.6 Å². The summed E-state index contributed by atoms with van der Waals surface area (Å²) in [6, 6.07) is 24.5. The molecular weight excluding hydrogens is 536 g/mol. The number of hydrogen-bond donors (Lipinski definition) is 1. The van der Waals surface area contributed by atoms with E-state index in [1.54, 1.807) is 30.5 Å². The molecule has 0 saturated heterocycles. The Labute approximate surface area is 240 Å². The van der Waals surface area contributed by atoms with Gasteiger partial charge in [-0.05, 0) is 49.1 Å². The SMILES string of the molecule is CCC(CCc1nc(-c2cccc(OCc3ccccc3)c2)c2c(N)nccn12)COS(=O)(=O)c1ccc(C)cc1. The number of imidazole rings is 1. The van der Waals surface area contributed by atoms with Crippen LogP contribution in [0.2, 0.25) is 0 Å². The summed E-state index contributed by atoms with van der Waals surface area (Å²) in [5.74, 6) is 1.96. The van der Waals surface area contributed by atoms with E-state index in [1.807, 2.05) is 79.0 Å². The van der Waals surface area contributed by atoms with Crippen LogP contribution in [0.3, 0.4) is 0 Å². The van der Waals surface area contributed by atoms with Crippen molar-refractivity contribution in [1.82, 2.24) is 14.4 Å². The molecule has 0 bridgehead atoms. The fourth-order valence-corrected chi connectivity index (χ4v) is 5.65. The van der Waals surface area contributed by atoms with Gasteiger partial charge in [0.15, 0.2) is 0 Å². The average Bonchev–Trinajstić information content (AvgIpc) is 3.37. The summed E-state index contributed by atoms with van der Waals surface area (Å²) in [6.07, 6.45) is 5.59. The third kappa shape index (κ3) is 6.75. The molecule has 212 valence electrons. The zero-order chi connectivity index (χ0) is 28.8. The number of aromatic nitrogens is 3. The van der Waals surface area contributed by atoms with Gasteiger partial charge in [-0.25, -0.2) is 9.97 Å². The molecule has 0 aliphatic heterocycles. The van der Waals surface area contributed by atoms with Gasteiger partial charge < -0.3 is 10.5 Å². The first kappa shape index (κ1) is 28.3. The van der Waals surface area contributed by atoms with Gasteiger partial charge in [0.25, 0.3) is 10.1 Å². The van der Waals surface area contributed by atoms with Crippen LogP contribution in [0.4, 0.5) is 5.82 Å². The molecule has 0 saturated carbocycles. The molecule has 5 aromatic rings. The summed E-state index contributed by atoms with van der Waals surface area (Å²) in [5, 5.41) is 0.